The van der Waals surface area contributed by atoms with Crippen LogP contribution in [-0.4, -0.2) is 28.5 Å². The van der Waals surface area contributed by atoms with Gasteiger partial charge in [-0.15, -0.1) is 0 Å². The summed E-state index contributed by atoms with van der Waals surface area (Å²) in [5.41, 5.74) is 7.58. The zero-order valence-corrected chi connectivity index (χ0v) is 11.6. The van der Waals surface area contributed by atoms with Crippen molar-refractivity contribution < 1.29 is 9.53 Å². The summed E-state index contributed by atoms with van der Waals surface area (Å²) >= 11 is 0. The number of aromatic nitrogens is 2. The second-order valence-corrected chi connectivity index (χ2v) is 5.39. The molecule has 0 spiro atoms. The highest BCUT2D eigenvalue weighted by Gasteiger charge is 2.24. The fourth-order valence-electron chi connectivity index (χ4n) is 3.02. The van der Waals surface area contributed by atoms with Crippen molar-refractivity contribution in [2.45, 2.75) is 37.7 Å². The van der Waals surface area contributed by atoms with E-state index in [4.69, 9.17) is 10.5 Å². The summed E-state index contributed by atoms with van der Waals surface area (Å²) in [5, 5.41) is 0. The van der Waals surface area contributed by atoms with Gasteiger partial charge in [-0.1, -0.05) is 0 Å². The van der Waals surface area contributed by atoms with Crippen LogP contribution in [0.1, 0.15) is 47.7 Å². The number of carbonyl (C=O) groups is 1. The van der Waals surface area contributed by atoms with Gasteiger partial charge in [0.1, 0.15) is 5.65 Å². The predicted molar refractivity (Wildman–Crippen MR) is 75.7 cm³/mol. The summed E-state index contributed by atoms with van der Waals surface area (Å²) in [6.45, 7) is 0. The Bertz CT molecular complexity index is 627. The van der Waals surface area contributed by atoms with E-state index in [1.54, 1.807) is 13.2 Å². The van der Waals surface area contributed by atoms with Crippen molar-refractivity contribution in [3.05, 3.63) is 35.8 Å². The molecule has 1 aliphatic rings. The van der Waals surface area contributed by atoms with Gasteiger partial charge < -0.3 is 14.9 Å². The molecule has 5 nitrogen and oxygen atoms in total. The molecular formula is C15H19N3O2. The molecule has 0 aliphatic heterocycles. The smallest absolute Gasteiger partial charge is 0.252 e. The van der Waals surface area contributed by atoms with Gasteiger partial charge in [0.25, 0.3) is 5.91 Å². The van der Waals surface area contributed by atoms with E-state index in [9.17, 15) is 4.79 Å². The van der Waals surface area contributed by atoms with Crippen LogP contribution in [0, 0.1) is 0 Å². The first-order valence-electron chi connectivity index (χ1n) is 6.99. The normalized spacial score (nSPS) is 23.1. The number of methoxy groups -OCH3 is 1. The molecule has 2 N–H and O–H groups in total. The van der Waals surface area contributed by atoms with E-state index in [1.807, 2.05) is 22.9 Å². The molecule has 0 atom stereocenters. The first kappa shape index (κ1) is 13.1. The third kappa shape index (κ3) is 2.29. The van der Waals surface area contributed by atoms with Gasteiger partial charge in [-0.05, 0) is 37.8 Å². The summed E-state index contributed by atoms with van der Waals surface area (Å²) in [6, 6.07) is 3.54. The molecule has 0 bridgehead atoms. The van der Waals surface area contributed by atoms with E-state index in [0.717, 1.165) is 31.4 Å². The van der Waals surface area contributed by atoms with Gasteiger partial charge in [-0.25, -0.2) is 4.98 Å². The standard InChI is InChI=1S/C15H19N3O2/c1-20-11-6-4-10(5-7-11)13-9-18-8-2-3-12(14(16)19)15(18)17-13/h2-3,8-11H,4-7H2,1H3,(H2,16,19). The molecule has 5 heteroatoms. The molecule has 1 amide bonds. The highest BCUT2D eigenvalue weighted by atomic mass is 16.5. The number of nitrogens with two attached hydrogens (primary N) is 1. The lowest BCUT2D eigenvalue weighted by Gasteiger charge is -2.26. The van der Waals surface area contributed by atoms with Gasteiger partial charge in [-0.3, -0.25) is 4.79 Å². The van der Waals surface area contributed by atoms with Crippen LogP contribution in [0.15, 0.2) is 24.5 Å². The Kier molecular flexibility index (Phi) is 3.44. The Hall–Kier alpha value is -1.88. The zero-order chi connectivity index (χ0) is 14.1. The highest BCUT2D eigenvalue weighted by molar-refractivity contribution is 5.98. The van der Waals surface area contributed by atoms with Crippen molar-refractivity contribution in [2.75, 3.05) is 7.11 Å². The summed E-state index contributed by atoms with van der Waals surface area (Å²) in [7, 11) is 1.77. The van der Waals surface area contributed by atoms with Crippen LogP contribution < -0.4 is 5.73 Å². The number of pyridine rings is 1. The molecule has 106 valence electrons. The fourth-order valence-corrected chi connectivity index (χ4v) is 3.02. The number of rotatable bonds is 3. The van der Waals surface area contributed by atoms with Crippen LogP contribution in [0.4, 0.5) is 0 Å². The van der Waals surface area contributed by atoms with Gasteiger partial charge >= 0.3 is 0 Å². The number of amides is 1. The minimum Gasteiger partial charge on any atom is -0.381 e. The second kappa shape index (κ2) is 5.25. The molecule has 0 saturated heterocycles. The van der Waals surface area contributed by atoms with E-state index in [0.29, 0.717) is 23.2 Å². The molecule has 3 rings (SSSR count). The van der Waals surface area contributed by atoms with Gasteiger partial charge in [0.05, 0.1) is 17.4 Å². The van der Waals surface area contributed by atoms with Crippen molar-refractivity contribution >= 4 is 11.6 Å². The van der Waals surface area contributed by atoms with Gasteiger partial charge in [0, 0.05) is 25.4 Å². The molecule has 0 aromatic carbocycles. The van der Waals surface area contributed by atoms with Crippen molar-refractivity contribution in [1.29, 1.82) is 0 Å². The SMILES string of the molecule is COC1CCC(c2cn3cccc(C(N)=O)c3n2)CC1. The highest BCUT2D eigenvalue weighted by Crippen LogP contribution is 2.33. The van der Waals surface area contributed by atoms with Crippen LogP contribution in [0.25, 0.3) is 5.65 Å². The van der Waals surface area contributed by atoms with E-state index in [1.165, 1.54) is 0 Å². The number of hydrogen-bond donors (Lipinski definition) is 1. The van der Waals surface area contributed by atoms with Crippen LogP contribution in [0.2, 0.25) is 0 Å². The molecule has 1 saturated carbocycles. The quantitative estimate of drug-likeness (QED) is 0.931. The monoisotopic (exact) mass is 273 g/mol. The average molecular weight is 273 g/mol. The number of nitrogens with zero attached hydrogens (tertiary/aromatic N) is 2. The number of primary amides is 1. The maximum atomic E-state index is 11.4. The minimum absolute atomic E-state index is 0.379. The molecule has 2 aromatic heterocycles. The molecule has 2 heterocycles. The van der Waals surface area contributed by atoms with E-state index >= 15 is 0 Å². The zero-order valence-electron chi connectivity index (χ0n) is 11.6. The average Bonchev–Trinajstić information content (AvgIpc) is 2.90. The molecule has 20 heavy (non-hydrogen) atoms. The Labute approximate surface area is 117 Å². The van der Waals surface area contributed by atoms with Crippen LogP contribution in [-0.2, 0) is 4.74 Å². The number of carbonyl (C=O) groups excluding carboxylic acids is 1. The lowest BCUT2D eigenvalue weighted by molar-refractivity contribution is 0.0655. The lowest BCUT2D eigenvalue weighted by Crippen LogP contribution is -2.19. The summed E-state index contributed by atoms with van der Waals surface area (Å²) in [6.07, 6.45) is 8.58. The Balaban J connectivity index is 1.90. The maximum absolute atomic E-state index is 11.4. The number of ether oxygens (including phenoxy) is 1. The summed E-state index contributed by atoms with van der Waals surface area (Å²) < 4.78 is 7.28. The van der Waals surface area contributed by atoms with E-state index in [-0.39, 0.29) is 0 Å². The van der Waals surface area contributed by atoms with Gasteiger partial charge in [0.2, 0.25) is 0 Å². The Morgan fingerprint density at radius 1 is 1.40 bits per heavy atom. The fraction of sp³-hybridized carbons (Fsp3) is 0.467. The molecule has 2 aromatic rings. The van der Waals surface area contributed by atoms with E-state index in [2.05, 4.69) is 4.98 Å². The predicted octanol–water partition coefficient (Wildman–Crippen LogP) is 2.11. The van der Waals surface area contributed by atoms with Gasteiger partial charge in [-0.2, -0.15) is 0 Å². The van der Waals surface area contributed by atoms with Crippen LogP contribution in [0.3, 0.4) is 0 Å². The van der Waals surface area contributed by atoms with E-state index < -0.39 is 5.91 Å². The molecular weight excluding hydrogens is 254 g/mol. The summed E-state index contributed by atoms with van der Waals surface area (Å²) in [4.78, 5) is 16.1. The lowest BCUT2D eigenvalue weighted by atomic mass is 9.85. The number of hydrogen-bond acceptors (Lipinski definition) is 3. The molecule has 1 fully saturated rings. The van der Waals surface area contributed by atoms with Crippen molar-refractivity contribution in [3.63, 3.8) is 0 Å². The first-order valence-corrected chi connectivity index (χ1v) is 6.99. The maximum Gasteiger partial charge on any atom is 0.252 e. The largest absolute Gasteiger partial charge is 0.381 e. The number of imidazole rings is 1. The molecule has 1 aliphatic carbocycles. The van der Waals surface area contributed by atoms with Crippen molar-refractivity contribution in [2.24, 2.45) is 5.73 Å². The molecule has 0 radical (unpaired) electrons. The van der Waals surface area contributed by atoms with Crippen molar-refractivity contribution in [3.8, 4) is 0 Å². The van der Waals surface area contributed by atoms with Crippen LogP contribution >= 0.6 is 0 Å². The first-order chi connectivity index (χ1) is 9.69. The van der Waals surface area contributed by atoms with Crippen LogP contribution in [0.5, 0.6) is 0 Å². The Morgan fingerprint density at radius 2 is 2.15 bits per heavy atom. The summed E-state index contributed by atoms with van der Waals surface area (Å²) in [5.74, 6) is 0.0119. The van der Waals surface area contributed by atoms with Crippen molar-refractivity contribution in [1.82, 2.24) is 9.38 Å². The number of fused-ring (bicyclic) bond motifs is 1. The topological polar surface area (TPSA) is 69.6 Å². The minimum atomic E-state index is -0.434. The molecule has 0 unspecified atom stereocenters. The van der Waals surface area contributed by atoms with Gasteiger partial charge in [0.15, 0.2) is 0 Å². The third-order valence-electron chi connectivity index (χ3n) is 4.19. The second-order valence-electron chi connectivity index (χ2n) is 5.39. The third-order valence-corrected chi connectivity index (χ3v) is 4.19. The Morgan fingerprint density at radius 3 is 2.80 bits per heavy atom.